The Morgan fingerprint density at radius 1 is 1.16 bits per heavy atom. The van der Waals surface area contributed by atoms with Gasteiger partial charge in [-0.1, -0.05) is 6.07 Å². The summed E-state index contributed by atoms with van der Waals surface area (Å²) in [6, 6.07) is 11.7. The Bertz CT molecular complexity index is 918. The summed E-state index contributed by atoms with van der Waals surface area (Å²) in [4.78, 5) is 33.5. The topological polar surface area (TPSA) is 112 Å². The van der Waals surface area contributed by atoms with E-state index in [0.29, 0.717) is 18.5 Å². The first-order chi connectivity index (χ1) is 15.5. The number of hydrogen-bond acceptors (Lipinski definition) is 8. The van der Waals surface area contributed by atoms with Crippen LogP contribution < -0.4 is 4.90 Å². The highest BCUT2D eigenvalue weighted by atomic mass is 16.6. The largest absolute Gasteiger partial charge is 0.445 e. The molecule has 0 bridgehead atoms. The van der Waals surface area contributed by atoms with E-state index in [1.54, 1.807) is 23.2 Å². The minimum atomic E-state index is -0.568. The molecule has 2 aliphatic heterocycles. The van der Waals surface area contributed by atoms with Gasteiger partial charge in [-0.2, -0.15) is 0 Å². The van der Waals surface area contributed by atoms with Crippen LogP contribution in [0.25, 0.3) is 0 Å². The number of nitro benzene ring substituents is 1. The van der Waals surface area contributed by atoms with E-state index in [1.165, 1.54) is 12.1 Å². The van der Waals surface area contributed by atoms with E-state index in [4.69, 9.17) is 4.74 Å². The van der Waals surface area contributed by atoms with Gasteiger partial charge < -0.3 is 19.6 Å². The molecule has 0 radical (unpaired) electrons. The highest BCUT2D eigenvalue weighted by Gasteiger charge is 2.36. The van der Waals surface area contributed by atoms with Gasteiger partial charge in [0.1, 0.15) is 12.4 Å². The number of anilines is 1. The maximum absolute atomic E-state index is 12.7. The van der Waals surface area contributed by atoms with E-state index in [-0.39, 0.29) is 24.9 Å². The minimum absolute atomic E-state index is 0.00838. The van der Waals surface area contributed by atoms with E-state index < -0.39 is 17.1 Å². The Labute approximate surface area is 186 Å². The number of piperazine rings is 1. The van der Waals surface area contributed by atoms with Crippen molar-refractivity contribution in [1.82, 2.24) is 14.8 Å². The molecule has 32 heavy (non-hydrogen) atoms. The summed E-state index contributed by atoms with van der Waals surface area (Å²) >= 11 is 0. The minimum Gasteiger partial charge on any atom is -0.445 e. The molecular formula is C22H27N5O5. The number of benzene rings is 1. The second-order valence-corrected chi connectivity index (χ2v) is 8.15. The summed E-state index contributed by atoms with van der Waals surface area (Å²) in [7, 11) is 0. The highest BCUT2D eigenvalue weighted by molar-refractivity contribution is 5.68. The number of aliphatic hydroxyl groups is 1. The zero-order chi connectivity index (χ0) is 22.5. The van der Waals surface area contributed by atoms with Crippen molar-refractivity contribution in [2.75, 3.05) is 44.2 Å². The number of likely N-dealkylation sites (tertiary alicyclic amines) is 1. The summed E-state index contributed by atoms with van der Waals surface area (Å²) < 4.78 is 5.43. The molecule has 170 valence electrons. The van der Waals surface area contributed by atoms with Gasteiger partial charge in [0, 0.05) is 51.1 Å². The van der Waals surface area contributed by atoms with E-state index in [2.05, 4.69) is 14.8 Å². The van der Waals surface area contributed by atoms with Crippen molar-refractivity contribution in [3.05, 3.63) is 64.3 Å². The number of hydrogen-bond donors (Lipinski definition) is 1. The number of rotatable bonds is 6. The summed E-state index contributed by atoms with van der Waals surface area (Å²) in [5, 5.41) is 20.9. The van der Waals surface area contributed by atoms with Crippen LogP contribution in [0.1, 0.15) is 12.0 Å². The molecule has 2 fully saturated rings. The predicted molar refractivity (Wildman–Crippen MR) is 117 cm³/mol. The summed E-state index contributed by atoms with van der Waals surface area (Å²) in [5.41, 5.74) is 0.664. The number of β-amino-alcohol motifs (C(OH)–C–C–N with tert-alkyl or cyclic N) is 1. The zero-order valence-corrected chi connectivity index (χ0v) is 17.7. The molecular weight excluding hydrogens is 414 g/mol. The number of carbonyl (C=O) groups is 1. The van der Waals surface area contributed by atoms with Crippen LogP contribution >= 0.6 is 0 Å². The number of nitrogens with zero attached hydrogens (tertiary/aromatic N) is 5. The molecule has 4 rings (SSSR count). The van der Waals surface area contributed by atoms with Gasteiger partial charge in [-0.25, -0.2) is 9.78 Å². The molecule has 0 aliphatic carbocycles. The Kier molecular flexibility index (Phi) is 6.81. The van der Waals surface area contributed by atoms with Crippen molar-refractivity contribution in [3.63, 3.8) is 0 Å². The second-order valence-electron chi connectivity index (χ2n) is 8.15. The summed E-state index contributed by atoms with van der Waals surface area (Å²) in [6.07, 6.45) is 1.27. The SMILES string of the molecule is O=C(OCc1ccc([N+](=O)[O-])cc1)N1C[C@H](O)C[C@H]1CN1CCN(c2ccccn2)CC1. The number of nitro groups is 1. The van der Waals surface area contributed by atoms with Gasteiger partial charge in [0.2, 0.25) is 0 Å². The summed E-state index contributed by atoms with van der Waals surface area (Å²) in [6.45, 7) is 4.38. The average Bonchev–Trinajstić information content (AvgIpc) is 3.18. The first-order valence-electron chi connectivity index (χ1n) is 10.7. The van der Waals surface area contributed by atoms with E-state index >= 15 is 0 Å². The van der Waals surface area contributed by atoms with Crippen LogP contribution in [0, 0.1) is 10.1 Å². The number of aliphatic hydroxyl groups excluding tert-OH is 1. The lowest BCUT2D eigenvalue weighted by Crippen LogP contribution is -2.51. The van der Waals surface area contributed by atoms with Crippen molar-refractivity contribution in [2.45, 2.75) is 25.2 Å². The first kappa shape index (κ1) is 22.0. The Morgan fingerprint density at radius 3 is 2.56 bits per heavy atom. The van der Waals surface area contributed by atoms with Crippen LogP contribution in [0.2, 0.25) is 0 Å². The second kappa shape index (κ2) is 9.92. The lowest BCUT2D eigenvalue weighted by Gasteiger charge is -2.37. The smallest absolute Gasteiger partial charge is 0.410 e. The van der Waals surface area contributed by atoms with Crippen molar-refractivity contribution < 1.29 is 19.6 Å². The molecule has 2 saturated heterocycles. The number of aromatic nitrogens is 1. The average molecular weight is 441 g/mol. The maximum Gasteiger partial charge on any atom is 0.410 e. The van der Waals surface area contributed by atoms with Crippen molar-refractivity contribution in [2.24, 2.45) is 0 Å². The third kappa shape index (κ3) is 5.32. The molecule has 1 aromatic heterocycles. The normalized spacial score (nSPS) is 21.5. The van der Waals surface area contributed by atoms with Crippen LogP contribution in [-0.4, -0.2) is 82.3 Å². The fourth-order valence-corrected chi connectivity index (χ4v) is 4.23. The van der Waals surface area contributed by atoms with E-state index in [9.17, 15) is 20.0 Å². The van der Waals surface area contributed by atoms with Gasteiger partial charge in [-0.3, -0.25) is 15.0 Å². The van der Waals surface area contributed by atoms with Crippen LogP contribution in [0.3, 0.4) is 0 Å². The van der Waals surface area contributed by atoms with Gasteiger partial charge in [0.05, 0.1) is 23.6 Å². The fraction of sp³-hybridized carbons (Fsp3) is 0.455. The molecule has 0 spiro atoms. The van der Waals surface area contributed by atoms with Gasteiger partial charge in [-0.15, -0.1) is 0 Å². The van der Waals surface area contributed by atoms with Crippen LogP contribution in [0.4, 0.5) is 16.3 Å². The van der Waals surface area contributed by atoms with Crippen LogP contribution in [0.5, 0.6) is 0 Å². The maximum atomic E-state index is 12.7. The van der Waals surface area contributed by atoms with E-state index in [1.807, 2.05) is 18.2 Å². The molecule has 0 unspecified atom stereocenters. The van der Waals surface area contributed by atoms with Crippen molar-refractivity contribution in [3.8, 4) is 0 Å². The molecule has 10 heteroatoms. The van der Waals surface area contributed by atoms with Gasteiger partial charge >= 0.3 is 6.09 Å². The van der Waals surface area contributed by atoms with Crippen LogP contribution in [0.15, 0.2) is 48.7 Å². The monoisotopic (exact) mass is 441 g/mol. The van der Waals surface area contributed by atoms with Gasteiger partial charge in [0.15, 0.2) is 0 Å². The quantitative estimate of drug-likeness (QED) is 0.534. The molecule has 1 aromatic carbocycles. The van der Waals surface area contributed by atoms with Gasteiger partial charge in [0.25, 0.3) is 5.69 Å². The molecule has 2 atom stereocenters. The highest BCUT2D eigenvalue weighted by Crippen LogP contribution is 2.22. The third-order valence-electron chi connectivity index (χ3n) is 5.95. The lowest BCUT2D eigenvalue weighted by molar-refractivity contribution is -0.384. The molecule has 0 saturated carbocycles. The summed E-state index contributed by atoms with van der Waals surface area (Å²) in [5.74, 6) is 0.972. The number of ether oxygens (including phenoxy) is 1. The standard InChI is InChI=1S/C22H27N5O5/c28-20-13-19(14-24-9-11-25(12-10-24)21-3-1-2-8-23-21)26(15-20)22(29)32-16-17-4-6-18(7-5-17)27(30)31/h1-8,19-20,28H,9-16H2/t19-,20+/m0/s1. The van der Waals surface area contributed by atoms with Gasteiger partial charge in [-0.05, 0) is 36.2 Å². The van der Waals surface area contributed by atoms with E-state index in [0.717, 1.165) is 32.0 Å². The number of carbonyl (C=O) groups excluding carboxylic acids is 1. The fourth-order valence-electron chi connectivity index (χ4n) is 4.23. The molecule has 1 amide bonds. The first-order valence-corrected chi connectivity index (χ1v) is 10.7. The number of pyridine rings is 1. The molecule has 2 aromatic rings. The molecule has 10 nitrogen and oxygen atoms in total. The Hall–Kier alpha value is -3.24. The predicted octanol–water partition coefficient (Wildman–Crippen LogP) is 1.88. The number of non-ortho nitro benzene ring substituents is 1. The molecule has 1 N–H and O–H groups in total. The Balaban J connectivity index is 1.28. The zero-order valence-electron chi connectivity index (χ0n) is 17.7. The number of amides is 1. The Morgan fingerprint density at radius 2 is 1.91 bits per heavy atom. The van der Waals surface area contributed by atoms with Crippen LogP contribution in [-0.2, 0) is 11.3 Å². The molecule has 3 heterocycles. The third-order valence-corrected chi connectivity index (χ3v) is 5.95. The lowest BCUT2D eigenvalue weighted by atomic mass is 10.1. The van der Waals surface area contributed by atoms with Crippen molar-refractivity contribution in [1.29, 1.82) is 0 Å². The molecule has 2 aliphatic rings. The van der Waals surface area contributed by atoms with Crippen molar-refractivity contribution >= 4 is 17.6 Å².